The highest BCUT2D eigenvalue weighted by Crippen LogP contribution is 2.25. The van der Waals surface area contributed by atoms with Crippen molar-refractivity contribution >= 4 is 23.4 Å². The molecule has 0 saturated heterocycles. The Hall–Kier alpha value is -1.23. The zero-order valence-electron chi connectivity index (χ0n) is 8.42. The second-order valence-corrected chi connectivity index (χ2v) is 3.94. The van der Waals surface area contributed by atoms with Gasteiger partial charge in [-0.15, -0.1) is 11.8 Å². The molecule has 0 unspecified atom stereocenters. The molecule has 0 aromatic heterocycles. The number of hydrogen-bond acceptors (Lipinski definition) is 3. The predicted molar refractivity (Wildman–Crippen MR) is 60.2 cm³/mol. The number of hydrogen-bond donors (Lipinski definition) is 2. The molecule has 0 heterocycles. The van der Waals surface area contributed by atoms with Crippen molar-refractivity contribution in [1.82, 2.24) is 5.32 Å². The van der Waals surface area contributed by atoms with Crippen LogP contribution < -0.4 is 11.1 Å². The van der Waals surface area contributed by atoms with Crippen LogP contribution in [0.2, 0.25) is 0 Å². The fraction of sp³-hybridized carbons (Fsp3) is 0.300. The van der Waals surface area contributed by atoms with Crippen LogP contribution in [0, 0.1) is 5.82 Å². The summed E-state index contributed by atoms with van der Waals surface area (Å²) >= 11 is 1.23. The van der Waals surface area contributed by atoms with Crippen LogP contribution >= 0.6 is 11.8 Å². The van der Waals surface area contributed by atoms with E-state index in [2.05, 4.69) is 5.32 Å². The summed E-state index contributed by atoms with van der Waals surface area (Å²) in [6.07, 6.45) is 0. The van der Waals surface area contributed by atoms with Gasteiger partial charge in [0.25, 0.3) is 0 Å². The van der Waals surface area contributed by atoms with Gasteiger partial charge in [-0.05, 0) is 25.1 Å². The quantitative estimate of drug-likeness (QED) is 0.608. The SMILES string of the molecule is CCNC(=O)CSc1cc(F)ccc1N. The number of benzene rings is 1. The topological polar surface area (TPSA) is 55.1 Å². The molecular formula is C10H13FN2OS. The van der Waals surface area contributed by atoms with Gasteiger partial charge in [-0.25, -0.2) is 4.39 Å². The van der Waals surface area contributed by atoms with E-state index in [9.17, 15) is 9.18 Å². The third kappa shape index (κ3) is 3.79. The Morgan fingerprint density at radius 1 is 1.60 bits per heavy atom. The molecule has 0 saturated carbocycles. The number of anilines is 1. The molecule has 0 atom stereocenters. The Balaban J connectivity index is 2.57. The number of rotatable bonds is 4. The highest BCUT2D eigenvalue weighted by Gasteiger charge is 2.05. The van der Waals surface area contributed by atoms with Crippen LogP contribution in [0.15, 0.2) is 23.1 Å². The van der Waals surface area contributed by atoms with Crippen molar-refractivity contribution in [2.75, 3.05) is 18.0 Å². The van der Waals surface area contributed by atoms with Gasteiger partial charge < -0.3 is 11.1 Å². The monoisotopic (exact) mass is 228 g/mol. The lowest BCUT2D eigenvalue weighted by Gasteiger charge is -2.05. The molecule has 0 bridgehead atoms. The first-order valence-corrected chi connectivity index (χ1v) is 5.56. The van der Waals surface area contributed by atoms with Gasteiger partial charge in [0.15, 0.2) is 0 Å². The summed E-state index contributed by atoms with van der Waals surface area (Å²) in [5.74, 6) is -0.171. The number of carbonyl (C=O) groups is 1. The maximum atomic E-state index is 12.9. The summed E-state index contributed by atoms with van der Waals surface area (Å²) in [6.45, 7) is 2.44. The molecule has 3 N–H and O–H groups in total. The van der Waals surface area contributed by atoms with Gasteiger partial charge in [-0.1, -0.05) is 0 Å². The van der Waals surface area contributed by atoms with E-state index >= 15 is 0 Å². The Labute approximate surface area is 92.2 Å². The van der Waals surface area contributed by atoms with Gasteiger partial charge in [0.1, 0.15) is 5.82 Å². The van der Waals surface area contributed by atoms with Gasteiger partial charge in [-0.3, -0.25) is 4.79 Å². The molecule has 1 aromatic rings. The minimum absolute atomic E-state index is 0.0776. The minimum Gasteiger partial charge on any atom is -0.398 e. The molecule has 0 aliphatic heterocycles. The zero-order chi connectivity index (χ0) is 11.3. The van der Waals surface area contributed by atoms with Crippen molar-refractivity contribution in [3.8, 4) is 0 Å². The van der Waals surface area contributed by atoms with Crippen molar-refractivity contribution in [3.63, 3.8) is 0 Å². The van der Waals surface area contributed by atoms with Gasteiger partial charge in [0, 0.05) is 17.1 Å². The lowest BCUT2D eigenvalue weighted by Crippen LogP contribution is -2.24. The fourth-order valence-electron chi connectivity index (χ4n) is 1.02. The smallest absolute Gasteiger partial charge is 0.230 e. The summed E-state index contributed by atoms with van der Waals surface area (Å²) in [4.78, 5) is 11.7. The Bertz CT molecular complexity index is 357. The van der Waals surface area contributed by atoms with Gasteiger partial charge in [0.2, 0.25) is 5.91 Å². The molecule has 15 heavy (non-hydrogen) atoms. The average molecular weight is 228 g/mol. The molecule has 0 spiro atoms. The van der Waals surface area contributed by atoms with Crippen LogP contribution in [0.25, 0.3) is 0 Å². The molecule has 3 nitrogen and oxygen atoms in total. The van der Waals surface area contributed by atoms with E-state index in [4.69, 9.17) is 5.73 Å². The maximum absolute atomic E-state index is 12.9. The molecule has 0 aliphatic rings. The first-order chi connectivity index (χ1) is 7.13. The Morgan fingerprint density at radius 2 is 2.33 bits per heavy atom. The molecule has 0 fully saturated rings. The van der Waals surface area contributed by atoms with Gasteiger partial charge >= 0.3 is 0 Å². The van der Waals surface area contributed by atoms with Crippen LogP contribution in [0.3, 0.4) is 0 Å². The molecule has 0 radical (unpaired) electrons. The van der Waals surface area contributed by atoms with Crippen molar-refractivity contribution in [2.24, 2.45) is 0 Å². The Kier molecular flexibility index (Phi) is 4.42. The summed E-state index contributed by atoms with van der Waals surface area (Å²) in [5.41, 5.74) is 6.12. The lowest BCUT2D eigenvalue weighted by atomic mass is 10.3. The van der Waals surface area contributed by atoms with Crippen molar-refractivity contribution in [1.29, 1.82) is 0 Å². The number of nitrogens with two attached hydrogens (primary N) is 1. The van der Waals surface area contributed by atoms with E-state index in [1.54, 1.807) is 0 Å². The highest BCUT2D eigenvalue weighted by molar-refractivity contribution is 8.00. The summed E-state index contributed by atoms with van der Waals surface area (Å²) in [7, 11) is 0. The van der Waals surface area contributed by atoms with Crippen molar-refractivity contribution in [2.45, 2.75) is 11.8 Å². The fourth-order valence-corrected chi connectivity index (χ4v) is 1.84. The van der Waals surface area contributed by atoms with Crippen LogP contribution in [0.1, 0.15) is 6.92 Å². The zero-order valence-corrected chi connectivity index (χ0v) is 9.23. The molecule has 1 aromatic carbocycles. The molecular weight excluding hydrogens is 215 g/mol. The van der Waals surface area contributed by atoms with E-state index in [0.717, 1.165) is 0 Å². The van der Waals surface area contributed by atoms with E-state index in [-0.39, 0.29) is 17.5 Å². The summed E-state index contributed by atoms with van der Waals surface area (Å²) in [6, 6.07) is 4.13. The van der Waals surface area contributed by atoms with Crippen molar-refractivity contribution < 1.29 is 9.18 Å². The van der Waals surface area contributed by atoms with Crippen LogP contribution in [0.5, 0.6) is 0 Å². The van der Waals surface area contributed by atoms with E-state index in [1.807, 2.05) is 6.92 Å². The minimum atomic E-state index is -0.345. The second kappa shape index (κ2) is 5.60. The van der Waals surface area contributed by atoms with E-state index in [1.165, 1.54) is 30.0 Å². The summed E-state index contributed by atoms with van der Waals surface area (Å²) < 4.78 is 12.9. The van der Waals surface area contributed by atoms with Crippen LogP contribution in [0.4, 0.5) is 10.1 Å². The molecule has 5 heteroatoms. The van der Waals surface area contributed by atoms with Crippen LogP contribution in [-0.2, 0) is 4.79 Å². The third-order valence-corrected chi connectivity index (χ3v) is 2.78. The normalized spacial score (nSPS) is 10.0. The summed E-state index contributed by atoms with van der Waals surface area (Å²) in [5, 5.41) is 2.66. The van der Waals surface area contributed by atoms with E-state index in [0.29, 0.717) is 17.1 Å². The van der Waals surface area contributed by atoms with Crippen molar-refractivity contribution in [3.05, 3.63) is 24.0 Å². The largest absolute Gasteiger partial charge is 0.398 e. The van der Waals surface area contributed by atoms with E-state index < -0.39 is 0 Å². The van der Waals surface area contributed by atoms with Gasteiger partial charge in [0.05, 0.1) is 5.75 Å². The lowest BCUT2D eigenvalue weighted by molar-refractivity contribution is -0.118. The standard InChI is InChI=1S/C10H13FN2OS/c1-2-13-10(14)6-15-9-5-7(11)3-4-8(9)12/h3-5H,2,6,12H2,1H3,(H,13,14). The molecule has 1 amide bonds. The average Bonchev–Trinajstić information content (AvgIpc) is 2.20. The van der Waals surface area contributed by atoms with Gasteiger partial charge in [-0.2, -0.15) is 0 Å². The number of thioether (sulfide) groups is 1. The number of halogens is 1. The highest BCUT2D eigenvalue weighted by atomic mass is 32.2. The predicted octanol–water partition coefficient (Wildman–Crippen LogP) is 1.64. The third-order valence-electron chi connectivity index (χ3n) is 1.71. The second-order valence-electron chi connectivity index (χ2n) is 2.92. The molecule has 82 valence electrons. The van der Waals surface area contributed by atoms with Crippen LogP contribution in [-0.4, -0.2) is 18.2 Å². The number of nitrogen functional groups attached to an aromatic ring is 1. The molecule has 0 aliphatic carbocycles. The Morgan fingerprint density at radius 3 is 3.00 bits per heavy atom. The first kappa shape index (κ1) is 11.8. The number of nitrogens with one attached hydrogen (secondary N) is 1. The molecule has 1 rings (SSSR count). The number of amides is 1. The number of carbonyl (C=O) groups excluding carboxylic acids is 1. The maximum Gasteiger partial charge on any atom is 0.230 e. The first-order valence-electron chi connectivity index (χ1n) is 4.58.